The van der Waals surface area contributed by atoms with Gasteiger partial charge < -0.3 is 10.1 Å². The van der Waals surface area contributed by atoms with Gasteiger partial charge in [0.25, 0.3) is 0 Å². The average molecular weight is 251 g/mol. The molecule has 0 saturated heterocycles. The summed E-state index contributed by atoms with van der Waals surface area (Å²) in [5.74, 6) is 3.00. The van der Waals surface area contributed by atoms with Crippen LogP contribution in [0.25, 0.3) is 0 Å². The molecule has 1 N–H and O–H groups in total. The number of fused-ring (bicyclic) bond motifs is 2. The molecule has 0 spiro atoms. The monoisotopic (exact) mass is 251 g/mol. The van der Waals surface area contributed by atoms with Crippen molar-refractivity contribution in [2.24, 2.45) is 17.8 Å². The maximum atomic E-state index is 6.22. The third-order valence-corrected chi connectivity index (χ3v) is 5.60. The van der Waals surface area contributed by atoms with Crippen molar-refractivity contribution in [1.29, 1.82) is 0 Å². The number of ether oxygens (including phenoxy) is 1. The molecule has 0 aliphatic heterocycles. The first-order chi connectivity index (χ1) is 8.85. The predicted octanol–water partition coefficient (Wildman–Crippen LogP) is 3.36. The standard InChI is InChI=1S/C16H29NO/c1-2-17-15-5-7-16(8-6-15)18-11-14-10-12-3-4-13(14)9-12/h12-17H,2-11H2,1H3. The minimum Gasteiger partial charge on any atom is -0.378 e. The van der Waals surface area contributed by atoms with E-state index in [9.17, 15) is 0 Å². The highest BCUT2D eigenvalue weighted by Crippen LogP contribution is 2.48. The van der Waals surface area contributed by atoms with E-state index in [0.717, 1.165) is 36.9 Å². The Kier molecular flexibility index (Phi) is 4.25. The SMILES string of the molecule is CCNC1CCC(OCC2CC3CCC2C3)CC1. The lowest BCUT2D eigenvalue weighted by Crippen LogP contribution is -2.35. The first-order valence-corrected chi connectivity index (χ1v) is 8.20. The summed E-state index contributed by atoms with van der Waals surface area (Å²) in [7, 11) is 0. The van der Waals surface area contributed by atoms with Gasteiger partial charge in [-0.15, -0.1) is 0 Å². The largest absolute Gasteiger partial charge is 0.378 e. The smallest absolute Gasteiger partial charge is 0.0576 e. The van der Waals surface area contributed by atoms with Gasteiger partial charge in [-0.1, -0.05) is 13.3 Å². The maximum absolute atomic E-state index is 6.22. The van der Waals surface area contributed by atoms with E-state index in [1.807, 2.05) is 0 Å². The Balaban J connectivity index is 1.35. The van der Waals surface area contributed by atoms with Crippen molar-refractivity contribution < 1.29 is 4.74 Å². The van der Waals surface area contributed by atoms with Gasteiger partial charge >= 0.3 is 0 Å². The Labute approximate surface area is 112 Å². The summed E-state index contributed by atoms with van der Waals surface area (Å²) in [6, 6.07) is 0.761. The molecular formula is C16H29NO. The van der Waals surface area contributed by atoms with Crippen molar-refractivity contribution in [2.45, 2.75) is 70.4 Å². The predicted molar refractivity (Wildman–Crippen MR) is 74.6 cm³/mol. The zero-order valence-corrected chi connectivity index (χ0v) is 11.9. The number of hydrogen-bond donors (Lipinski definition) is 1. The minimum atomic E-state index is 0.569. The summed E-state index contributed by atoms with van der Waals surface area (Å²) < 4.78 is 6.22. The zero-order valence-electron chi connectivity index (χ0n) is 11.9. The first kappa shape index (κ1) is 12.9. The Morgan fingerprint density at radius 2 is 1.83 bits per heavy atom. The molecule has 3 rings (SSSR count). The van der Waals surface area contributed by atoms with Crippen LogP contribution in [0.3, 0.4) is 0 Å². The molecule has 3 aliphatic carbocycles. The van der Waals surface area contributed by atoms with Crippen LogP contribution in [0.2, 0.25) is 0 Å². The summed E-state index contributed by atoms with van der Waals surface area (Å²) >= 11 is 0. The van der Waals surface area contributed by atoms with Gasteiger partial charge in [-0.25, -0.2) is 0 Å². The second kappa shape index (κ2) is 5.92. The molecular weight excluding hydrogens is 222 g/mol. The second-order valence-electron chi connectivity index (χ2n) is 6.80. The van der Waals surface area contributed by atoms with Crippen molar-refractivity contribution in [3.8, 4) is 0 Å². The van der Waals surface area contributed by atoms with Crippen molar-refractivity contribution in [3.05, 3.63) is 0 Å². The van der Waals surface area contributed by atoms with Crippen molar-refractivity contribution >= 4 is 0 Å². The Hall–Kier alpha value is -0.0800. The molecule has 0 radical (unpaired) electrons. The Morgan fingerprint density at radius 3 is 2.44 bits per heavy atom. The maximum Gasteiger partial charge on any atom is 0.0576 e. The lowest BCUT2D eigenvalue weighted by molar-refractivity contribution is -0.00670. The summed E-state index contributed by atoms with van der Waals surface area (Å²) in [5.41, 5.74) is 0. The number of hydrogen-bond acceptors (Lipinski definition) is 2. The van der Waals surface area contributed by atoms with Crippen LogP contribution in [0, 0.1) is 17.8 Å². The number of rotatable bonds is 5. The molecule has 0 amide bonds. The summed E-state index contributed by atoms with van der Waals surface area (Å²) in [6.45, 7) is 4.39. The molecule has 3 saturated carbocycles. The highest BCUT2D eigenvalue weighted by atomic mass is 16.5. The molecule has 3 atom stereocenters. The molecule has 3 unspecified atom stereocenters. The zero-order chi connectivity index (χ0) is 12.4. The fourth-order valence-corrected chi connectivity index (χ4v) is 4.56. The quantitative estimate of drug-likeness (QED) is 0.809. The number of nitrogens with one attached hydrogen (secondary N) is 1. The minimum absolute atomic E-state index is 0.569. The van der Waals surface area contributed by atoms with Gasteiger partial charge in [0, 0.05) is 6.04 Å². The highest BCUT2D eigenvalue weighted by molar-refractivity contribution is 4.90. The van der Waals surface area contributed by atoms with Crippen LogP contribution in [0.4, 0.5) is 0 Å². The van der Waals surface area contributed by atoms with Crippen molar-refractivity contribution in [1.82, 2.24) is 5.32 Å². The van der Waals surface area contributed by atoms with E-state index in [-0.39, 0.29) is 0 Å². The normalized spacial score (nSPS) is 43.5. The molecule has 104 valence electrons. The van der Waals surface area contributed by atoms with E-state index in [1.165, 1.54) is 51.4 Å². The van der Waals surface area contributed by atoms with Gasteiger partial charge in [-0.3, -0.25) is 0 Å². The van der Waals surface area contributed by atoms with Crippen molar-refractivity contribution in [2.75, 3.05) is 13.2 Å². The molecule has 3 aliphatic rings. The molecule has 2 nitrogen and oxygen atoms in total. The molecule has 0 aromatic rings. The van der Waals surface area contributed by atoms with E-state index in [2.05, 4.69) is 12.2 Å². The molecule has 2 heteroatoms. The third-order valence-electron chi connectivity index (χ3n) is 5.60. The lowest BCUT2D eigenvalue weighted by Gasteiger charge is -2.31. The molecule has 0 aromatic carbocycles. The van der Waals surface area contributed by atoms with Gasteiger partial charge in [-0.2, -0.15) is 0 Å². The third kappa shape index (κ3) is 2.91. The van der Waals surface area contributed by atoms with Gasteiger partial charge in [0.1, 0.15) is 0 Å². The molecule has 2 bridgehead atoms. The van der Waals surface area contributed by atoms with Gasteiger partial charge in [-0.05, 0) is 69.2 Å². The van der Waals surface area contributed by atoms with Crippen LogP contribution < -0.4 is 5.32 Å². The van der Waals surface area contributed by atoms with E-state index < -0.39 is 0 Å². The van der Waals surface area contributed by atoms with Crippen LogP contribution in [0.1, 0.15) is 58.3 Å². The highest BCUT2D eigenvalue weighted by Gasteiger charge is 2.39. The Bertz CT molecular complexity index is 260. The van der Waals surface area contributed by atoms with Crippen LogP contribution in [0.5, 0.6) is 0 Å². The molecule has 18 heavy (non-hydrogen) atoms. The molecule has 0 aromatic heterocycles. The van der Waals surface area contributed by atoms with Gasteiger partial charge in [0.15, 0.2) is 0 Å². The van der Waals surface area contributed by atoms with Gasteiger partial charge in [0.05, 0.1) is 12.7 Å². The fourth-order valence-electron chi connectivity index (χ4n) is 4.56. The van der Waals surface area contributed by atoms with Crippen LogP contribution in [-0.2, 0) is 4.74 Å². The lowest BCUT2D eigenvalue weighted by atomic mass is 9.89. The van der Waals surface area contributed by atoms with Crippen LogP contribution >= 0.6 is 0 Å². The van der Waals surface area contributed by atoms with E-state index >= 15 is 0 Å². The fraction of sp³-hybridized carbons (Fsp3) is 1.00. The molecule has 3 fully saturated rings. The Morgan fingerprint density at radius 1 is 1.00 bits per heavy atom. The van der Waals surface area contributed by atoms with E-state index in [1.54, 1.807) is 0 Å². The first-order valence-electron chi connectivity index (χ1n) is 8.20. The van der Waals surface area contributed by atoms with Crippen molar-refractivity contribution in [3.63, 3.8) is 0 Å². The summed E-state index contributed by atoms with van der Waals surface area (Å²) in [5, 5.41) is 3.57. The van der Waals surface area contributed by atoms with Crippen LogP contribution in [0.15, 0.2) is 0 Å². The summed E-state index contributed by atoms with van der Waals surface area (Å²) in [4.78, 5) is 0. The van der Waals surface area contributed by atoms with E-state index in [0.29, 0.717) is 6.10 Å². The average Bonchev–Trinajstić information content (AvgIpc) is 3.00. The summed E-state index contributed by atoms with van der Waals surface area (Å²) in [6.07, 6.45) is 11.7. The van der Waals surface area contributed by atoms with Crippen LogP contribution in [-0.4, -0.2) is 25.3 Å². The van der Waals surface area contributed by atoms with Gasteiger partial charge in [0.2, 0.25) is 0 Å². The topological polar surface area (TPSA) is 21.3 Å². The second-order valence-corrected chi connectivity index (χ2v) is 6.80. The molecule has 0 heterocycles. The van der Waals surface area contributed by atoms with E-state index in [4.69, 9.17) is 4.74 Å².